The molecular weight excluding hydrogens is 148 g/mol. The smallest absolute Gasteiger partial charge is 0.0397 e. The summed E-state index contributed by atoms with van der Waals surface area (Å²) in [5, 5.41) is 1.58. The van der Waals surface area contributed by atoms with E-state index >= 15 is 0 Å². The minimum atomic E-state index is 0.592. The van der Waals surface area contributed by atoms with E-state index in [-0.39, 0.29) is 0 Å². The Morgan fingerprint density at radius 2 is 2.56 bits per heavy atom. The molecule has 1 atom stereocenters. The maximum absolute atomic E-state index is 4.22. The first kappa shape index (κ1) is 5.89. The topological polar surface area (TPSA) is 12.9 Å². The Kier molecular flexibility index (Phi) is 1.18. The molecule has 0 aliphatic heterocycles. The first-order valence-corrected chi connectivity index (χ1v) is 5.86. The van der Waals surface area contributed by atoms with Gasteiger partial charge in [-0.25, -0.2) is 4.75 Å². The second kappa shape index (κ2) is 1.81. The van der Waals surface area contributed by atoms with Crippen molar-refractivity contribution in [1.29, 1.82) is 0 Å². The molecule has 1 nitrogen and oxygen atoms in total. The van der Waals surface area contributed by atoms with Crippen molar-refractivity contribution >= 4 is 15.9 Å². The maximum Gasteiger partial charge on any atom is 0.0397 e. The standard InChI is InChI=1S/C6H9NP2/c1-6(2-3-6)5-4-7-9-8-5/h4,9H,2-3H2,1H3. The molecule has 1 unspecified atom stereocenters. The Morgan fingerprint density at radius 3 is 3.00 bits per heavy atom. The summed E-state index contributed by atoms with van der Waals surface area (Å²) in [4.78, 5) is 0. The largest absolute Gasteiger partial charge is 0.244 e. The highest BCUT2D eigenvalue weighted by molar-refractivity contribution is 7.89. The van der Waals surface area contributed by atoms with E-state index in [4.69, 9.17) is 0 Å². The molecule has 1 aromatic rings. The molecule has 0 spiro atoms. The molecule has 3 heteroatoms. The van der Waals surface area contributed by atoms with Gasteiger partial charge in [0.05, 0.1) is 0 Å². The van der Waals surface area contributed by atoms with Crippen molar-refractivity contribution in [2.45, 2.75) is 25.2 Å². The molecule has 0 radical (unpaired) electrons. The molecule has 1 aromatic heterocycles. The van der Waals surface area contributed by atoms with Crippen molar-refractivity contribution in [3.05, 3.63) is 11.5 Å². The molecule has 2 rings (SSSR count). The van der Waals surface area contributed by atoms with Gasteiger partial charge in [-0.2, -0.15) is 0 Å². The average Bonchev–Trinajstić information content (AvgIpc) is 2.46. The van der Waals surface area contributed by atoms with Crippen LogP contribution in [-0.2, 0) is 5.41 Å². The lowest BCUT2D eigenvalue weighted by Gasteiger charge is -2.00. The van der Waals surface area contributed by atoms with E-state index in [9.17, 15) is 0 Å². The number of hydrogen-bond donors (Lipinski definition) is 0. The first-order valence-electron chi connectivity index (χ1n) is 3.17. The van der Waals surface area contributed by atoms with Crippen LogP contribution < -0.4 is 0 Å². The van der Waals surface area contributed by atoms with Crippen LogP contribution in [0.15, 0.2) is 6.20 Å². The normalized spacial score (nSPS) is 23.7. The lowest BCUT2D eigenvalue weighted by molar-refractivity contribution is 0.806. The molecule has 1 aliphatic rings. The molecule has 0 saturated heterocycles. The fourth-order valence-corrected chi connectivity index (χ4v) is 3.66. The van der Waals surface area contributed by atoms with Crippen molar-refractivity contribution in [1.82, 2.24) is 4.75 Å². The summed E-state index contributed by atoms with van der Waals surface area (Å²) in [6.45, 7) is 2.34. The Morgan fingerprint density at radius 1 is 1.78 bits per heavy atom. The van der Waals surface area contributed by atoms with Gasteiger partial charge in [-0.05, 0) is 34.2 Å². The summed E-state index contributed by atoms with van der Waals surface area (Å²) >= 11 is 0. The van der Waals surface area contributed by atoms with Crippen LogP contribution in [0.3, 0.4) is 0 Å². The van der Waals surface area contributed by atoms with Crippen LogP contribution in [-0.4, -0.2) is 4.75 Å². The zero-order chi connectivity index (χ0) is 6.32. The van der Waals surface area contributed by atoms with Crippen LogP contribution in [0.2, 0.25) is 0 Å². The number of rotatable bonds is 1. The van der Waals surface area contributed by atoms with Crippen LogP contribution >= 0.6 is 15.9 Å². The van der Waals surface area contributed by atoms with Crippen LogP contribution in [0.4, 0.5) is 0 Å². The lowest BCUT2D eigenvalue weighted by Crippen LogP contribution is -1.93. The SMILES string of the molecule is CC1(c2cn[pH]p2)CC1. The van der Waals surface area contributed by atoms with Gasteiger partial charge in [0.1, 0.15) is 0 Å². The predicted molar refractivity (Wildman–Crippen MR) is 42.8 cm³/mol. The van der Waals surface area contributed by atoms with Crippen LogP contribution in [0, 0.1) is 0 Å². The molecule has 1 saturated carbocycles. The van der Waals surface area contributed by atoms with Crippen LogP contribution in [0.5, 0.6) is 0 Å². The number of hydrogen-bond acceptors (Lipinski definition) is 1. The second-order valence-corrected chi connectivity index (χ2v) is 5.35. The molecule has 1 fully saturated rings. The third-order valence-corrected chi connectivity index (χ3v) is 4.64. The van der Waals surface area contributed by atoms with Gasteiger partial charge in [0.25, 0.3) is 0 Å². The minimum Gasteiger partial charge on any atom is -0.244 e. The summed E-state index contributed by atoms with van der Waals surface area (Å²) in [6.07, 6.45) is 4.88. The Labute approximate surface area is 58.0 Å². The lowest BCUT2D eigenvalue weighted by atomic mass is 10.1. The highest BCUT2D eigenvalue weighted by atomic mass is 31.8. The summed E-state index contributed by atoms with van der Waals surface area (Å²) in [5.41, 5.74) is 0.592. The highest BCUT2D eigenvalue weighted by Crippen LogP contribution is 2.51. The monoisotopic (exact) mass is 157 g/mol. The Bertz CT molecular complexity index is 201. The quantitative estimate of drug-likeness (QED) is 0.610. The van der Waals surface area contributed by atoms with E-state index in [1.165, 1.54) is 20.7 Å². The van der Waals surface area contributed by atoms with Crippen LogP contribution in [0.1, 0.15) is 25.1 Å². The van der Waals surface area contributed by atoms with Gasteiger partial charge in [0, 0.05) is 11.5 Å². The third kappa shape index (κ3) is 0.933. The van der Waals surface area contributed by atoms with Gasteiger partial charge in [-0.3, -0.25) is 0 Å². The van der Waals surface area contributed by atoms with Crippen molar-refractivity contribution in [2.24, 2.45) is 0 Å². The maximum atomic E-state index is 4.22. The second-order valence-electron chi connectivity index (χ2n) is 2.92. The minimum absolute atomic E-state index is 0.592. The predicted octanol–water partition coefficient (Wildman–Crippen LogP) is 2.74. The molecule has 9 heavy (non-hydrogen) atoms. The van der Waals surface area contributed by atoms with E-state index in [1.807, 2.05) is 0 Å². The summed E-state index contributed by atoms with van der Waals surface area (Å²) in [5.74, 6) is 0. The average molecular weight is 157 g/mol. The molecule has 0 N–H and O–H groups in total. The molecule has 0 amide bonds. The van der Waals surface area contributed by atoms with E-state index in [0.29, 0.717) is 5.41 Å². The van der Waals surface area contributed by atoms with Crippen LogP contribution in [0.25, 0.3) is 0 Å². The van der Waals surface area contributed by atoms with Gasteiger partial charge in [-0.15, -0.1) is 0 Å². The fourth-order valence-electron chi connectivity index (χ4n) is 0.936. The fraction of sp³-hybridized carbons (Fsp3) is 0.667. The van der Waals surface area contributed by atoms with E-state index in [0.717, 1.165) is 8.03 Å². The zero-order valence-corrected chi connectivity index (χ0v) is 7.28. The molecule has 1 heterocycles. The molecule has 0 bridgehead atoms. The molecular formula is C6H9NP2. The third-order valence-electron chi connectivity index (χ3n) is 2.03. The van der Waals surface area contributed by atoms with Crippen molar-refractivity contribution in [2.75, 3.05) is 0 Å². The first-order chi connectivity index (χ1) is 4.31. The van der Waals surface area contributed by atoms with E-state index in [1.54, 1.807) is 5.30 Å². The number of nitrogens with zero attached hydrogens (tertiary/aromatic N) is 1. The molecule has 0 aromatic carbocycles. The summed E-state index contributed by atoms with van der Waals surface area (Å²) in [7, 11) is 2.29. The summed E-state index contributed by atoms with van der Waals surface area (Å²) in [6, 6.07) is 0. The van der Waals surface area contributed by atoms with Crippen molar-refractivity contribution in [3.63, 3.8) is 0 Å². The van der Waals surface area contributed by atoms with Gasteiger partial charge in [0.15, 0.2) is 0 Å². The van der Waals surface area contributed by atoms with E-state index in [2.05, 4.69) is 17.9 Å². The van der Waals surface area contributed by atoms with Crippen molar-refractivity contribution < 1.29 is 0 Å². The van der Waals surface area contributed by atoms with Gasteiger partial charge < -0.3 is 0 Å². The molecule has 1 aliphatic carbocycles. The number of aromatic nitrogens is 1. The molecule has 48 valence electrons. The Balaban J connectivity index is 2.34. The van der Waals surface area contributed by atoms with Gasteiger partial charge in [0.2, 0.25) is 0 Å². The summed E-state index contributed by atoms with van der Waals surface area (Å²) < 4.78 is 4.22. The Hall–Kier alpha value is 0.140. The zero-order valence-electron chi connectivity index (χ0n) is 5.39. The van der Waals surface area contributed by atoms with Gasteiger partial charge >= 0.3 is 0 Å². The highest BCUT2D eigenvalue weighted by Gasteiger charge is 2.39. The van der Waals surface area contributed by atoms with E-state index < -0.39 is 0 Å². The van der Waals surface area contributed by atoms with Crippen molar-refractivity contribution in [3.8, 4) is 0 Å². The van der Waals surface area contributed by atoms with Gasteiger partial charge in [-0.1, -0.05) is 6.92 Å².